The molecule has 208 valence electrons. The highest BCUT2D eigenvalue weighted by Gasteiger charge is 2.58. The van der Waals surface area contributed by atoms with Crippen LogP contribution in [-0.2, 0) is 4.79 Å². The van der Waals surface area contributed by atoms with E-state index in [2.05, 4.69) is 23.5 Å². The van der Waals surface area contributed by atoms with Gasteiger partial charge >= 0.3 is 6.18 Å². The number of carbonyl (C=O) groups is 1. The summed E-state index contributed by atoms with van der Waals surface area (Å²) in [6.07, 6.45) is 6.32. The number of halogens is 3. The van der Waals surface area contributed by atoms with Crippen molar-refractivity contribution >= 4 is 11.5 Å². The van der Waals surface area contributed by atoms with Gasteiger partial charge in [-0.15, -0.1) is 0 Å². The number of amides is 1. The SMILES string of the molecule is O=C(N1CCCC(O)C1)[C@]1(NCC2CCN(CC3(C(F)(F)F)CCC3)CC2)C=CC(c2ccccc2)=CC1. The highest BCUT2D eigenvalue weighted by Crippen LogP contribution is 2.53. The van der Waals surface area contributed by atoms with E-state index in [1.54, 1.807) is 4.90 Å². The lowest BCUT2D eigenvalue weighted by molar-refractivity contribution is -0.256. The van der Waals surface area contributed by atoms with Gasteiger partial charge in [0.05, 0.1) is 11.5 Å². The molecule has 2 N–H and O–H groups in total. The smallest absolute Gasteiger partial charge is 0.391 e. The topological polar surface area (TPSA) is 55.8 Å². The molecule has 3 fully saturated rings. The van der Waals surface area contributed by atoms with Gasteiger partial charge in [0, 0.05) is 19.6 Å². The van der Waals surface area contributed by atoms with Gasteiger partial charge in [-0.1, -0.05) is 55.0 Å². The highest BCUT2D eigenvalue weighted by atomic mass is 19.4. The molecule has 2 aliphatic carbocycles. The van der Waals surface area contributed by atoms with Gasteiger partial charge in [-0.2, -0.15) is 13.2 Å². The van der Waals surface area contributed by atoms with Gasteiger partial charge in [0.2, 0.25) is 5.91 Å². The summed E-state index contributed by atoms with van der Waals surface area (Å²) < 4.78 is 40.9. The first-order valence-electron chi connectivity index (χ1n) is 14.2. The summed E-state index contributed by atoms with van der Waals surface area (Å²) in [6, 6.07) is 10.1. The van der Waals surface area contributed by atoms with Crippen molar-refractivity contribution in [1.29, 1.82) is 0 Å². The van der Waals surface area contributed by atoms with Gasteiger partial charge in [0.25, 0.3) is 0 Å². The van der Waals surface area contributed by atoms with Crippen LogP contribution in [0.5, 0.6) is 0 Å². The lowest BCUT2D eigenvalue weighted by Crippen LogP contribution is -2.60. The standard InChI is InChI=1S/C30H40F3N3O2/c31-30(32,33)28(13-5-14-28)22-35-18-11-23(12-19-35)20-34-29(27(38)36-17-4-8-26(37)21-36)15-9-25(10-16-29)24-6-2-1-3-7-24/h1-3,6-7,9-10,15,23,26,34,37H,4-5,8,11-14,16-22H2/t26?,29-/m0/s1. The number of likely N-dealkylation sites (tertiary alicyclic amines) is 2. The molecule has 1 aromatic rings. The van der Waals surface area contributed by atoms with Crippen molar-refractivity contribution in [3.05, 3.63) is 54.1 Å². The molecule has 5 rings (SSSR count). The van der Waals surface area contributed by atoms with Crippen LogP contribution >= 0.6 is 0 Å². The molecule has 2 saturated heterocycles. The number of nitrogens with one attached hydrogen (secondary N) is 1. The van der Waals surface area contributed by atoms with Gasteiger partial charge in [-0.3, -0.25) is 10.1 Å². The zero-order chi connectivity index (χ0) is 26.8. The van der Waals surface area contributed by atoms with Crippen LogP contribution in [0.2, 0.25) is 0 Å². The summed E-state index contributed by atoms with van der Waals surface area (Å²) >= 11 is 0. The second-order valence-electron chi connectivity index (χ2n) is 11.8. The molecule has 4 aliphatic rings. The number of nitrogens with zero attached hydrogens (tertiary/aromatic N) is 2. The fourth-order valence-corrected chi connectivity index (χ4v) is 6.51. The fraction of sp³-hybridized carbons (Fsp3) is 0.633. The van der Waals surface area contributed by atoms with Crippen molar-refractivity contribution in [1.82, 2.24) is 15.1 Å². The van der Waals surface area contributed by atoms with E-state index in [4.69, 9.17) is 0 Å². The summed E-state index contributed by atoms with van der Waals surface area (Å²) in [5, 5.41) is 13.8. The lowest BCUT2D eigenvalue weighted by atomic mass is 9.67. The molecule has 1 saturated carbocycles. The molecular formula is C30H40F3N3O2. The van der Waals surface area contributed by atoms with E-state index in [-0.39, 0.29) is 25.3 Å². The maximum atomic E-state index is 13.8. The molecule has 38 heavy (non-hydrogen) atoms. The van der Waals surface area contributed by atoms with Crippen molar-refractivity contribution in [2.75, 3.05) is 39.3 Å². The molecule has 0 spiro atoms. The predicted octanol–water partition coefficient (Wildman–Crippen LogP) is 4.79. The molecule has 0 aromatic heterocycles. The minimum atomic E-state index is -4.13. The average molecular weight is 532 g/mol. The van der Waals surface area contributed by atoms with Crippen molar-refractivity contribution in [2.24, 2.45) is 11.3 Å². The Balaban J connectivity index is 1.22. The third-order valence-electron chi connectivity index (χ3n) is 9.22. The molecule has 2 aliphatic heterocycles. The van der Waals surface area contributed by atoms with Crippen LogP contribution in [0.3, 0.4) is 0 Å². The van der Waals surface area contributed by atoms with E-state index >= 15 is 0 Å². The Bertz CT molecular complexity index is 1030. The molecule has 1 unspecified atom stereocenters. The Labute approximate surface area is 223 Å². The van der Waals surface area contributed by atoms with Gasteiger partial charge in [-0.05, 0) is 81.6 Å². The Hall–Kier alpha value is -2.16. The number of aliphatic hydroxyl groups excluding tert-OH is 1. The van der Waals surface area contributed by atoms with Crippen molar-refractivity contribution in [2.45, 2.75) is 69.2 Å². The Morgan fingerprint density at radius 2 is 1.79 bits per heavy atom. The third-order valence-corrected chi connectivity index (χ3v) is 9.22. The van der Waals surface area contributed by atoms with Crippen LogP contribution in [-0.4, -0.2) is 77.9 Å². The quantitative estimate of drug-likeness (QED) is 0.532. The minimum absolute atomic E-state index is 0.00889. The summed E-state index contributed by atoms with van der Waals surface area (Å²) in [5.74, 6) is 0.296. The average Bonchev–Trinajstić information content (AvgIpc) is 2.90. The molecule has 1 aromatic carbocycles. The number of carbonyl (C=O) groups excluding carboxylic acids is 1. The number of alkyl halides is 3. The van der Waals surface area contributed by atoms with Crippen molar-refractivity contribution in [3.63, 3.8) is 0 Å². The lowest BCUT2D eigenvalue weighted by Gasteiger charge is -2.47. The summed E-state index contributed by atoms with van der Waals surface area (Å²) in [6.45, 7) is 3.08. The van der Waals surface area contributed by atoms with Crippen molar-refractivity contribution < 1.29 is 23.1 Å². The second kappa shape index (κ2) is 11.1. The van der Waals surface area contributed by atoms with Crippen LogP contribution < -0.4 is 5.32 Å². The number of hydrogen-bond donors (Lipinski definition) is 2. The second-order valence-corrected chi connectivity index (χ2v) is 11.8. The van der Waals surface area contributed by atoms with Crippen LogP contribution in [0.1, 0.15) is 56.9 Å². The monoisotopic (exact) mass is 531 g/mol. The molecule has 5 nitrogen and oxygen atoms in total. The number of aliphatic hydroxyl groups is 1. The van der Waals surface area contributed by atoms with Crippen molar-refractivity contribution in [3.8, 4) is 0 Å². The minimum Gasteiger partial charge on any atom is -0.391 e. The van der Waals surface area contributed by atoms with Gasteiger partial charge < -0.3 is 14.9 Å². The van der Waals surface area contributed by atoms with E-state index in [1.807, 2.05) is 35.3 Å². The van der Waals surface area contributed by atoms with Crippen LogP contribution in [0, 0.1) is 11.3 Å². The largest absolute Gasteiger partial charge is 0.395 e. The first-order valence-corrected chi connectivity index (χ1v) is 14.2. The number of benzene rings is 1. The number of piperidine rings is 2. The summed E-state index contributed by atoms with van der Waals surface area (Å²) in [5.41, 5.74) is -0.201. The molecule has 0 bridgehead atoms. The van der Waals surface area contributed by atoms with E-state index in [0.29, 0.717) is 57.9 Å². The molecule has 8 heteroatoms. The maximum Gasteiger partial charge on any atom is 0.395 e. The Morgan fingerprint density at radius 1 is 1.05 bits per heavy atom. The van der Waals surface area contributed by atoms with E-state index < -0.39 is 23.2 Å². The Morgan fingerprint density at radius 3 is 2.37 bits per heavy atom. The van der Waals surface area contributed by atoms with Crippen LogP contribution in [0.15, 0.2) is 48.6 Å². The maximum absolute atomic E-state index is 13.8. The van der Waals surface area contributed by atoms with E-state index in [0.717, 1.165) is 30.4 Å². The van der Waals surface area contributed by atoms with Gasteiger partial charge in [0.1, 0.15) is 5.54 Å². The first kappa shape index (κ1) is 27.4. The summed E-state index contributed by atoms with van der Waals surface area (Å²) in [7, 11) is 0. The molecule has 1 amide bonds. The molecular weight excluding hydrogens is 491 g/mol. The molecule has 0 radical (unpaired) electrons. The third kappa shape index (κ3) is 5.73. The normalized spacial score (nSPS) is 28.6. The fourth-order valence-electron chi connectivity index (χ4n) is 6.51. The molecule has 2 heterocycles. The zero-order valence-electron chi connectivity index (χ0n) is 22.1. The van der Waals surface area contributed by atoms with Gasteiger partial charge in [-0.25, -0.2) is 0 Å². The summed E-state index contributed by atoms with van der Waals surface area (Å²) in [4.78, 5) is 17.6. The van der Waals surface area contributed by atoms with Crippen LogP contribution in [0.25, 0.3) is 5.57 Å². The highest BCUT2D eigenvalue weighted by molar-refractivity contribution is 5.91. The number of rotatable bonds is 7. The zero-order valence-corrected chi connectivity index (χ0v) is 22.1. The molecule has 2 atom stereocenters. The first-order chi connectivity index (χ1) is 18.2. The van der Waals surface area contributed by atoms with Gasteiger partial charge in [0.15, 0.2) is 0 Å². The Kier molecular flexibility index (Phi) is 8.04. The predicted molar refractivity (Wildman–Crippen MR) is 142 cm³/mol. The number of allylic oxidation sites excluding steroid dienone is 2. The number of hydrogen-bond acceptors (Lipinski definition) is 4. The van der Waals surface area contributed by atoms with E-state index in [9.17, 15) is 23.1 Å². The van der Waals surface area contributed by atoms with Crippen LogP contribution in [0.4, 0.5) is 13.2 Å². The number of β-amino-alcohol motifs (C(OH)–C–C–N with tert-alkyl or cyclic N) is 1. The van der Waals surface area contributed by atoms with E-state index in [1.165, 1.54) is 0 Å².